The number of hydrogen-bond acceptors (Lipinski definition) is 0. The summed E-state index contributed by atoms with van der Waals surface area (Å²) in [5, 5.41) is 0.880. The van der Waals surface area contributed by atoms with Crippen molar-refractivity contribution in [1.29, 1.82) is 0 Å². The Bertz CT molecular complexity index is 1070. The first-order valence-corrected chi connectivity index (χ1v) is 8.58. The van der Waals surface area contributed by atoms with Crippen molar-refractivity contribution in [2.24, 2.45) is 0 Å². The van der Waals surface area contributed by atoms with Gasteiger partial charge in [-0.05, 0) is 23.3 Å². The highest BCUT2D eigenvalue weighted by Gasteiger charge is 2.10. The zero-order valence-corrected chi connectivity index (χ0v) is 14.2. The number of rotatable bonds is 4. The van der Waals surface area contributed by atoms with E-state index in [-0.39, 0.29) is 5.82 Å². The third kappa shape index (κ3) is 3.35. The van der Waals surface area contributed by atoms with Crippen molar-refractivity contribution < 1.29 is 4.39 Å². The molecule has 0 unspecified atom stereocenters. The second-order valence-electron chi connectivity index (χ2n) is 6.10. The number of fused-ring (bicyclic) bond motifs is 1. The van der Waals surface area contributed by atoms with E-state index in [9.17, 15) is 4.39 Å². The maximum Gasteiger partial charge on any atom is 0.147 e. The number of halogens is 1. The second-order valence-corrected chi connectivity index (χ2v) is 6.10. The van der Waals surface area contributed by atoms with E-state index in [2.05, 4.69) is 4.98 Å². The molecular weight excluding hydrogens is 321 g/mol. The molecule has 3 aromatic carbocycles. The van der Waals surface area contributed by atoms with E-state index < -0.39 is 0 Å². The average Bonchev–Trinajstić information content (AvgIpc) is 3.05. The van der Waals surface area contributed by atoms with Crippen molar-refractivity contribution in [2.45, 2.75) is 0 Å². The molecule has 0 saturated heterocycles. The first-order chi connectivity index (χ1) is 12.8. The molecule has 0 aliphatic rings. The fourth-order valence-corrected chi connectivity index (χ4v) is 3.02. The summed E-state index contributed by atoms with van der Waals surface area (Å²) in [5.74, 6) is -0.240. The maximum absolute atomic E-state index is 14.2. The van der Waals surface area contributed by atoms with Crippen LogP contribution in [-0.2, 0) is 0 Å². The Kier molecular flexibility index (Phi) is 4.48. The van der Waals surface area contributed by atoms with Crippen LogP contribution in [0.5, 0.6) is 0 Å². The average molecular weight is 339 g/mol. The minimum absolute atomic E-state index is 0.240. The van der Waals surface area contributed by atoms with Crippen LogP contribution in [0.1, 0.15) is 22.4 Å². The molecule has 0 aliphatic heterocycles. The molecule has 126 valence electrons. The monoisotopic (exact) mass is 339 g/mol. The lowest BCUT2D eigenvalue weighted by molar-refractivity contribution is 0.637. The summed E-state index contributed by atoms with van der Waals surface area (Å²) in [6.07, 6.45) is 8.12. The van der Waals surface area contributed by atoms with E-state index in [1.165, 1.54) is 6.07 Å². The molecule has 1 heterocycles. The lowest BCUT2D eigenvalue weighted by Crippen LogP contribution is -1.77. The second kappa shape index (κ2) is 7.24. The Balaban J connectivity index is 1.80. The molecule has 0 saturated carbocycles. The van der Waals surface area contributed by atoms with Gasteiger partial charge in [-0.25, -0.2) is 4.39 Å². The third-order valence-corrected chi connectivity index (χ3v) is 4.34. The Morgan fingerprint density at radius 1 is 0.615 bits per heavy atom. The summed E-state index contributed by atoms with van der Waals surface area (Å²) >= 11 is 0. The first kappa shape index (κ1) is 16.1. The summed E-state index contributed by atoms with van der Waals surface area (Å²) in [6, 6.07) is 25.3. The molecule has 1 nitrogen and oxygen atoms in total. The van der Waals surface area contributed by atoms with Gasteiger partial charge in [-0.1, -0.05) is 91.0 Å². The molecule has 1 aromatic heterocycles. The van der Waals surface area contributed by atoms with E-state index >= 15 is 0 Å². The number of hydrogen-bond donors (Lipinski definition) is 1. The van der Waals surface area contributed by atoms with Gasteiger partial charge in [0.05, 0.1) is 5.52 Å². The zero-order valence-electron chi connectivity index (χ0n) is 14.2. The van der Waals surface area contributed by atoms with Crippen molar-refractivity contribution >= 4 is 35.2 Å². The lowest BCUT2D eigenvalue weighted by atomic mass is 10.1. The summed E-state index contributed by atoms with van der Waals surface area (Å²) in [7, 11) is 0. The van der Waals surface area contributed by atoms with Crippen LogP contribution in [-0.4, -0.2) is 4.98 Å². The van der Waals surface area contributed by atoms with Gasteiger partial charge in [0.15, 0.2) is 0 Å². The molecule has 4 aromatic rings. The fraction of sp³-hybridized carbons (Fsp3) is 0. The van der Waals surface area contributed by atoms with Crippen LogP contribution in [0.4, 0.5) is 4.39 Å². The Labute approximate surface area is 152 Å². The van der Waals surface area contributed by atoms with Crippen LogP contribution in [0.25, 0.3) is 35.2 Å². The van der Waals surface area contributed by atoms with Gasteiger partial charge < -0.3 is 4.98 Å². The van der Waals surface area contributed by atoms with Gasteiger partial charge in [0.2, 0.25) is 0 Å². The Morgan fingerprint density at radius 3 is 1.88 bits per heavy atom. The lowest BCUT2D eigenvalue weighted by Gasteiger charge is -1.97. The summed E-state index contributed by atoms with van der Waals surface area (Å²) in [5.41, 5.74) is 4.62. The molecule has 1 N–H and O–H groups in total. The van der Waals surface area contributed by atoms with Crippen LogP contribution >= 0.6 is 0 Å². The van der Waals surface area contributed by atoms with Gasteiger partial charge in [-0.3, -0.25) is 0 Å². The largest absolute Gasteiger partial charge is 0.352 e. The molecule has 0 fully saturated rings. The van der Waals surface area contributed by atoms with Gasteiger partial charge in [0.25, 0.3) is 0 Å². The predicted molar refractivity (Wildman–Crippen MR) is 109 cm³/mol. The van der Waals surface area contributed by atoms with Gasteiger partial charge in [0, 0.05) is 16.6 Å². The summed E-state index contributed by atoms with van der Waals surface area (Å²) in [6.45, 7) is 0. The number of H-pyrrole nitrogens is 1. The maximum atomic E-state index is 14.2. The minimum atomic E-state index is -0.240. The first-order valence-electron chi connectivity index (χ1n) is 8.58. The SMILES string of the molecule is Fc1cccc2c(/C=C/c3ccccc3)c(/C=C/c3ccccc3)[nH]c12. The van der Waals surface area contributed by atoms with E-state index in [0.717, 1.165) is 27.8 Å². The molecule has 4 rings (SSSR count). The highest BCUT2D eigenvalue weighted by molar-refractivity contribution is 5.96. The van der Waals surface area contributed by atoms with Gasteiger partial charge >= 0.3 is 0 Å². The fourth-order valence-electron chi connectivity index (χ4n) is 3.02. The quantitative estimate of drug-likeness (QED) is 0.428. The van der Waals surface area contributed by atoms with E-state index in [1.807, 2.05) is 91.0 Å². The summed E-state index contributed by atoms with van der Waals surface area (Å²) in [4.78, 5) is 3.23. The standard InChI is InChI=1S/C24H18FN/c25-22-13-7-12-21-20(16-14-18-8-3-1-4-9-18)23(26-24(21)22)17-15-19-10-5-2-6-11-19/h1-17,26H/b16-14+,17-15+. The number of aromatic amines is 1. The normalized spacial score (nSPS) is 11.7. The topological polar surface area (TPSA) is 15.8 Å². The molecule has 0 atom stereocenters. The molecule has 0 radical (unpaired) electrons. The highest BCUT2D eigenvalue weighted by atomic mass is 19.1. The van der Waals surface area contributed by atoms with Crippen LogP contribution in [0.3, 0.4) is 0 Å². The van der Waals surface area contributed by atoms with Crippen molar-refractivity contribution in [1.82, 2.24) is 4.98 Å². The van der Waals surface area contributed by atoms with Crippen molar-refractivity contribution in [3.05, 3.63) is 107 Å². The molecule has 0 bridgehead atoms. The Morgan fingerprint density at radius 2 is 1.23 bits per heavy atom. The number of aromatic nitrogens is 1. The van der Waals surface area contributed by atoms with Crippen molar-refractivity contribution in [3.8, 4) is 0 Å². The molecule has 0 spiro atoms. The van der Waals surface area contributed by atoms with Crippen molar-refractivity contribution in [3.63, 3.8) is 0 Å². The van der Waals surface area contributed by atoms with Crippen LogP contribution in [0, 0.1) is 5.82 Å². The highest BCUT2D eigenvalue weighted by Crippen LogP contribution is 2.28. The molecule has 2 heteroatoms. The predicted octanol–water partition coefficient (Wildman–Crippen LogP) is 6.65. The van der Waals surface area contributed by atoms with Gasteiger partial charge in [-0.15, -0.1) is 0 Å². The van der Waals surface area contributed by atoms with E-state index in [4.69, 9.17) is 0 Å². The van der Waals surface area contributed by atoms with Crippen LogP contribution in [0.15, 0.2) is 78.9 Å². The summed E-state index contributed by atoms with van der Waals surface area (Å²) < 4.78 is 14.2. The molecule has 26 heavy (non-hydrogen) atoms. The molecule has 0 aliphatic carbocycles. The number of para-hydroxylation sites is 1. The molecular formula is C24H18FN. The third-order valence-electron chi connectivity index (χ3n) is 4.34. The smallest absolute Gasteiger partial charge is 0.147 e. The van der Waals surface area contributed by atoms with E-state index in [1.54, 1.807) is 6.07 Å². The zero-order chi connectivity index (χ0) is 17.8. The van der Waals surface area contributed by atoms with Crippen LogP contribution < -0.4 is 0 Å². The van der Waals surface area contributed by atoms with Gasteiger partial charge in [0.1, 0.15) is 5.82 Å². The Hall–Kier alpha value is -3.39. The van der Waals surface area contributed by atoms with Crippen LogP contribution in [0.2, 0.25) is 0 Å². The minimum Gasteiger partial charge on any atom is -0.352 e. The van der Waals surface area contributed by atoms with Gasteiger partial charge in [-0.2, -0.15) is 0 Å². The van der Waals surface area contributed by atoms with E-state index in [0.29, 0.717) is 5.52 Å². The van der Waals surface area contributed by atoms with Crippen molar-refractivity contribution in [2.75, 3.05) is 0 Å². The number of nitrogens with one attached hydrogen (secondary N) is 1. The molecule has 0 amide bonds. The number of benzene rings is 3.